The first-order chi connectivity index (χ1) is 15.5. The average Bonchev–Trinajstić information content (AvgIpc) is 2.80. The molecule has 1 saturated heterocycles. The van der Waals surface area contributed by atoms with Crippen molar-refractivity contribution in [2.75, 3.05) is 47.2 Å². The number of pyridine rings is 2. The highest BCUT2D eigenvalue weighted by Crippen LogP contribution is 2.41. The fourth-order valence-corrected chi connectivity index (χ4v) is 4.53. The Bertz CT molecular complexity index is 1140. The highest BCUT2D eigenvalue weighted by atomic mass is 19.1. The number of nitrogens with zero attached hydrogens (tertiary/aromatic N) is 5. The maximum atomic E-state index is 13.3. The molecule has 32 heavy (non-hydrogen) atoms. The Morgan fingerprint density at radius 3 is 2.84 bits per heavy atom. The molecule has 4 heterocycles. The smallest absolute Gasteiger partial charge is 0.158 e. The zero-order chi connectivity index (χ0) is 22.2. The first-order valence-electron chi connectivity index (χ1n) is 10.9. The SMILES string of the molecule is C=C(Nc1ccc(F)cn1)N1c2nc(-c3cccc(N(C)C)c3)ccc2N2CCCC1C2. The van der Waals surface area contributed by atoms with Gasteiger partial charge in [-0.1, -0.05) is 18.7 Å². The maximum Gasteiger partial charge on any atom is 0.158 e. The van der Waals surface area contributed by atoms with E-state index < -0.39 is 0 Å². The number of fused-ring (bicyclic) bond motifs is 4. The minimum Gasteiger partial charge on any atom is -0.378 e. The number of aromatic nitrogens is 2. The average molecular weight is 431 g/mol. The second kappa shape index (κ2) is 8.15. The molecule has 2 aliphatic heterocycles. The molecule has 0 saturated carbocycles. The first-order valence-corrected chi connectivity index (χ1v) is 10.9. The molecule has 0 aliphatic carbocycles. The number of halogens is 1. The molecular formula is C25H27FN6. The van der Waals surface area contributed by atoms with Crippen molar-refractivity contribution in [2.24, 2.45) is 0 Å². The van der Waals surface area contributed by atoms with Gasteiger partial charge in [0.2, 0.25) is 0 Å². The Morgan fingerprint density at radius 2 is 2.06 bits per heavy atom. The minimum atomic E-state index is -0.362. The summed E-state index contributed by atoms with van der Waals surface area (Å²) >= 11 is 0. The fourth-order valence-electron chi connectivity index (χ4n) is 4.53. The topological polar surface area (TPSA) is 47.5 Å². The summed E-state index contributed by atoms with van der Waals surface area (Å²) in [6, 6.07) is 15.9. The van der Waals surface area contributed by atoms with E-state index in [2.05, 4.69) is 68.0 Å². The van der Waals surface area contributed by atoms with Crippen LogP contribution in [0.2, 0.25) is 0 Å². The van der Waals surface area contributed by atoms with Gasteiger partial charge in [0.25, 0.3) is 0 Å². The van der Waals surface area contributed by atoms with Crippen LogP contribution in [0.4, 0.5) is 27.4 Å². The Balaban J connectivity index is 1.53. The Morgan fingerprint density at radius 1 is 1.19 bits per heavy atom. The third-order valence-corrected chi connectivity index (χ3v) is 6.13. The van der Waals surface area contributed by atoms with Crippen molar-refractivity contribution in [3.8, 4) is 11.3 Å². The molecule has 2 aliphatic rings. The van der Waals surface area contributed by atoms with Crippen LogP contribution in [-0.2, 0) is 0 Å². The lowest BCUT2D eigenvalue weighted by atomic mass is 9.99. The highest BCUT2D eigenvalue weighted by molar-refractivity contribution is 5.78. The van der Waals surface area contributed by atoms with E-state index >= 15 is 0 Å². The van der Waals surface area contributed by atoms with E-state index in [1.54, 1.807) is 6.07 Å². The van der Waals surface area contributed by atoms with E-state index in [1.807, 2.05) is 14.1 Å². The van der Waals surface area contributed by atoms with Crippen LogP contribution in [0.25, 0.3) is 11.3 Å². The molecule has 7 heteroatoms. The highest BCUT2D eigenvalue weighted by Gasteiger charge is 2.36. The van der Waals surface area contributed by atoms with Gasteiger partial charge in [-0.15, -0.1) is 0 Å². The number of piperidine rings is 1. The van der Waals surface area contributed by atoms with Crippen LogP contribution in [0.1, 0.15) is 12.8 Å². The van der Waals surface area contributed by atoms with Crippen molar-refractivity contribution in [1.29, 1.82) is 0 Å². The summed E-state index contributed by atoms with van der Waals surface area (Å²) in [7, 11) is 4.07. The van der Waals surface area contributed by atoms with Gasteiger partial charge in [-0.25, -0.2) is 14.4 Å². The molecule has 3 aromatic rings. The van der Waals surface area contributed by atoms with E-state index in [0.29, 0.717) is 11.6 Å². The van der Waals surface area contributed by atoms with Crippen LogP contribution in [-0.4, -0.2) is 43.2 Å². The molecule has 0 amide bonds. The van der Waals surface area contributed by atoms with Gasteiger partial charge in [-0.2, -0.15) is 0 Å². The molecule has 1 aromatic carbocycles. The van der Waals surface area contributed by atoms with Crippen molar-refractivity contribution in [1.82, 2.24) is 9.97 Å². The third-order valence-electron chi connectivity index (χ3n) is 6.13. The Hall–Kier alpha value is -3.61. The molecule has 1 fully saturated rings. The van der Waals surface area contributed by atoms with Crippen LogP contribution < -0.4 is 20.0 Å². The summed E-state index contributed by atoms with van der Waals surface area (Å²) in [6.45, 7) is 6.27. The van der Waals surface area contributed by atoms with Crippen molar-refractivity contribution in [2.45, 2.75) is 18.9 Å². The number of anilines is 4. The summed E-state index contributed by atoms with van der Waals surface area (Å²) in [5, 5.41) is 3.25. The number of hydrogen-bond acceptors (Lipinski definition) is 6. The first kappa shape index (κ1) is 20.3. The summed E-state index contributed by atoms with van der Waals surface area (Å²) in [5.41, 5.74) is 4.24. The second-order valence-corrected chi connectivity index (χ2v) is 8.53. The molecule has 1 atom stereocenters. The monoisotopic (exact) mass is 430 g/mol. The molecule has 164 valence electrons. The van der Waals surface area contributed by atoms with Crippen molar-refractivity contribution >= 4 is 23.0 Å². The summed E-state index contributed by atoms with van der Waals surface area (Å²) in [5.74, 6) is 1.79. The predicted molar refractivity (Wildman–Crippen MR) is 129 cm³/mol. The standard InChI is InChI=1S/C25H27FN6/c1-17(28-24-12-9-19(26)15-27-24)32-21-8-5-13-31(16-21)23-11-10-22(29-25(23)32)18-6-4-7-20(14-18)30(2)3/h4,6-7,9-12,14-15,21H,1,5,8,13,16H2,2-3H3,(H,27,28). The van der Waals surface area contributed by atoms with Crippen LogP contribution in [0.5, 0.6) is 0 Å². The minimum absolute atomic E-state index is 0.271. The molecular weight excluding hydrogens is 403 g/mol. The number of rotatable bonds is 5. The Kier molecular flexibility index (Phi) is 5.17. The van der Waals surface area contributed by atoms with Gasteiger partial charge >= 0.3 is 0 Å². The molecule has 0 radical (unpaired) electrons. The maximum absolute atomic E-state index is 13.3. The molecule has 1 N–H and O–H groups in total. The van der Waals surface area contributed by atoms with Crippen LogP contribution in [0, 0.1) is 5.82 Å². The summed E-state index contributed by atoms with van der Waals surface area (Å²) in [6.07, 6.45) is 3.39. The molecule has 0 spiro atoms. The van der Waals surface area contributed by atoms with Gasteiger partial charge in [0.05, 0.1) is 23.6 Å². The van der Waals surface area contributed by atoms with E-state index in [1.165, 1.54) is 12.3 Å². The molecule has 1 unspecified atom stereocenters. The lowest BCUT2D eigenvalue weighted by molar-refractivity contribution is 0.472. The van der Waals surface area contributed by atoms with Gasteiger partial charge in [-0.3, -0.25) is 0 Å². The number of benzene rings is 1. The lowest BCUT2D eigenvalue weighted by Crippen LogP contribution is -2.53. The van der Waals surface area contributed by atoms with Crippen LogP contribution in [0.15, 0.2) is 67.1 Å². The van der Waals surface area contributed by atoms with Gasteiger partial charge in [-0.05, 0) is 49.2 Å². The van der Waals surface area contributed by atoms with Gasteiger partial charge < -0.3 is 20.0 Å². The van der Waals surface area contributed by atoms with Gasteiger partial charge in [0, 0.05) is 38.4 Å². The number of nitrogens with one attached hydrogen (secondary N) is 1. The third kappa shape index (κ3) is 3.75. The van der Waals surface area contributed by atoms with E-state index in [-0.39, 0.29) is 11.9 Å². The zero-order valence-electron chi connectivity index (χ0n) is 18.4. The molecule has 5 rings (SSSR count). The van der Waals surface area contributed by atoms with Gasteiger partial charge in [0.1, 0.15) is 17.5 Å². The van der Waals surface area contributed by atoms with Crippen LogP contribution in [0.3, 0.4) is 0 Å². The summed E-state index contributed by atoms with van der Waals surface area (Å²) < 4.78 is 13.3. The van der Waals surface area contributed by atoms with E-state index in [4.69, 9.17) is 4.98 Å². The van der Waals surface area contributed by atoms with Crippen molar-refractivity contribution in [3.05, 3.63) is 72.9 Å². The quantitative estimate of drug-likeness (QED) is 0.632. The van der Waals surface area contributed by atoms with E-state index in [0.717, 1.165) is 54.4 Å². The molecule has 2 bridgehead atoms. The van der Waals surface area contributed by atoms with E-state index in [9.17, 15) is 4.39 Å². The molecule has 2 aromatic heterocycles. The lowest BCUT2D eigenvalue weighted by Gasteiger charge is -2.47. The normalized spacial score (nSPS) is 17.0. The summed E-state index contributed by atoms with van der Waals surface area (Å²) in [4.78, 5) is 15.9. The largest absolute Gasteiger partial charge is 0.378 e. The second-order valence-electron chi connectivity index (χ2n) is 8.53. The zero-order valence-corrected chi connectivity index (χ0v) is 18.4. The number of hydrogen-bond donors (Lipinski definition) is 1. The molecule has 6 nitrogen and oxygen atoms in total. The van der Waals surface area contributed by atoms with Crippen LogP contribution >= 0.6 is 0 Å². The fraction of sp³-hybridized carbons (Fsp3) is 0.280. The van der Waals surface area contributed by atoms with Crippen molar-refractivity contribution in [3.63, 3.8) is 0 Å². The van der Waals surface area contributed by atoms with Crippen molar-refractivity contribution < 1.29 is 4.39 Å². The Labute approximate surface area is 188 Å². The predicted octanol–water partition coefficient (Wildman–Crippen LogP) is 4.72. The van der Waals surface area contributed by atoms with Gasteiger partial charge in [0.15, 0.2) is 5.82 Å².